The number of carbonyl (C=O) groups is 2. The Morgan fingerprint density at radius 3 is 2.48 bits per heavy atom. The Kier molecular flexibility index (Phi) is 6.14. The lowest BCUT2D eigenvalue weighted by molar-refractivity contribution is -0.137. The highest BCUT2D eigenvalue weighted by Crippen LogP contribution is 2.36. The minimum atomic E-state index is -0.753. The molecule has 0 radical (unpaired) electrons. The van der Waals surface area contributed by atoms with Crippen molar-refractivity contribution in [1.29, 1.82) is 0 Å². The summed E-state index contributed by atoms with van der Waals surface area (Å²) in [6, 6.07) is 10.1. The van der Waals surface area contributed by atoms with Crippen LogP contribution in [0.15, 0.2) is 35.1 Å². The van der Waals surface area contributed by atoms with E-state index in [-0.39, 0.29) is 35.5 Å². The van der Waals surface area contributed by atoms with E-state index in [1.54, 1.807) is 10.6 Å². The van der Waals surface area contributed by atoms with Gasteiger partial charge in [0.25, 0.3) is 11.5 Å². The quantitative estimate of drug-likeness (QED) is 0.711. The van der Waals surface area contributed by atoms with Crippen LogP contribution in [0.5, 0.6) is 0 Å². The standard InChI is InChI=1S/C24H31N3O4/c1-15(2)27-21-7-4-3-6-16(21)12-20(24(27)31)23(30)25-17-13-18-9-10-19(14-17)26(18)11-5-8-22(28)29/h3-4,6-7,12,15,17-19H,5,8-11,13-14H2,1-2H3,(H,25,30)(H,28,29). The van der Waals surface area contributed by atoms with Crippen molar-refractivity contribution in [2.45, 2.75) is 76.5 Å². The summed E-state index contributed by atoms with van der Waals surface area (Å²) >= 11 is 0. The Labute approximate surface area is 182 Å². The zero-order valence-electron chi connectivity index (χ0n) is 18.2. The van der Waals surface area contributed by atoms with Crippen LogP contribution in [0.1, 0.15) is 68.8 Å². The predicted molar refractivity (Wildman–Crippen MR) is 119 cm³/mol. The summed E-state index contributed by atoms with van der Waals surface area (Å²) in [5.41, 5.74) is 0.788. The van der Waals surface area contributed by atoms with E-state index in [4.69, 9.17) is 5.11 Å². The third-order valence-corrected chi connectivity index (χ3v) is 6.73. The molecule has 2 fully saturated rings. The molecule has 7 heteroatoms. The third kappa shape index (κ3) is 4.37. The molecular formula is C24H31N3O4. The number of benzene rings is 1. The van der Waals surface area contributed by atoms with Crippen LogP contribution in [0, 0.1) is 0 Å². The normalized spacial score (nSPS) is 23.4. The summed E-state index contributed by atoms with van der Waals surface area (Å²) in [5, 5.41) is 12.9. The lowest BCUT2D eigenvalue weighted by Crippen LogP contribution is -2.51. The number of nitrogens with zero attached hydrogens (tertiary/aromatic N) is 2. The number of hydrogen-bond donors (Lipinski definition) is 2. The fourth-order valence-electron chi connectivity index (χ4n) is 5.39. The van der Waals surface area contributed by atoms with Crippen molar-refractivity contribution in [3.8, 4) is 0 Å². The van der Waals surface area contributed by atoms with Gasteiger partial charge in [-0.1, -0.05) is 18.2 Å². The summed E-state index contributed by atoms with van der Waals surface area (Å²) < 4.78 is 1.69. The van der Waals surface area contributed by atoms with E-state index in [1.165, 1.54) is 0 Å². The first-order valence-corrected chi connectivity index (χ1v) is 11.3. The number of piperidine rings is 1. The third-order valence-electron chi connectivity index (χ3n) is 6.73. The number of fused-ring (bicyclic) bond motifs is 3. The number of para-hydroxylation sites is 1. The van der Waals surface area contributed by atoms with Gasteiger partial charge in [0.1, 0.15) is 5.56 Å². The smallest absolute Gasteiger partial charge is 0.303 e. The van der Waals surface area contributed by atoms with Crippen molar-refractivity contribution in [2.75, 3.05) is 6.54 Å². The van der Waals surface area contributed by atoms with E-state index in [1.807, 2.05) is 38.1 Å². The molecule has 2 unspecified atom stereocenters. The fourth-order valence-corrected chi connectivity index (χ4v) is 5.39. The zero-order chi connectivity index (χ0) is 22.1. The highest BCUT2D eigenvalue weighted by molar-refractivity contribution is 5.97. The molecule has 166 valence electrons. The van der Waals surface area contributed by atoms with E-state index in [0.717, 1.165) is 43.1 Å². The van der Waals surface area contributed by atoms with Crippen LogP contribution < -0.4 is 10.9 Å². The number of aromatic nitrogens is 1. The van der Waals surface area contributed by atoms with Crippen LogP contribution in [0.2, 0.25) is 0 Å². The molecule has 7 nitrogen and oxygen atoms in total. The Morgan fingerprint density at radius 2 is 1.84 bits per heavy atom. The second-order valence-corrected chi connectivity index (χ2v) is 9.15. The minimum Gasteiger partial charge on any atom is -0.481 e. The molecule has 2 atom stereocenters. The van der Waals surface area contributed by atoms with Crippen molar-refractivity contribution in [1.82, 2.24) is 14.8 Å². The first kappa shape index (κ1) is 21.6. The minimum absolute atomic E-state index is 0.0408. The molecule has 31 heavy (non-hydrogen) atoms. The lowest BCUT2D eigenvalue weighted by Gasteiger charge is -2.39. The lowest BCUT2D eigenvalue weighted by atomic mass is 9.96. The maximum absolute atomic E-state index is 13.1. The number of amides is 1. The molecule has 2 aliphatic heterocycles. The summed E-state index contributed by atoms with van der Waals surface area (Å²) in [6.07, 6.45) is 4.72. The van der Waals surface area contributed by atoms with E-state index in [2.05, 4.69) is 10.2 Å². The van der Waals surface area contributed by atoms with E-state index >= 15 is 0 Å². The van der Waals surface area contributed by atoms with Crippen LogP contribution in [-0.4, -0.2) is 51.1 Å². The molecule has 0 spiro atoms. The van der Waals surface area contributed by atoms with Crippen LogP contribution >= 0.6 is 0 Å². The van der Waals surface area contributed by atoms with E-state index < -0.39 is 5.97 Å². The van der Waals surface area contributed by atoms with Crippen molar-refractivity contribution < 1.29 is 14.7 Å². The number of carboxylic acid groups (broad SMARTS) is 1. The van der Waals surface area contributed by atoms with Gasteiger partial charge in [0, 0.05) is 30.6 Å². The van der Waals surface area contributed by atoms with Gasteiger partial charge < -0.3 is 15.0 Å². The molecule has 4 rings (SSSR count). The predicted octanol–water partition coefficient (Wildman–Crippen LogP) is 3.17. The van der Waals surface area contributed by atoms with Gasteiger partial charge in [0.15, 0.2) is 0 Å². The van der Waals surface area contributed by atoms with Gasteiger partial charge in [-0.15, -0.1) is 0 Å². The first-order valence-electron chi connectivity index (χ1n) is 11.3. The summed E-state index contributed by atoms with van der Waals surface area (Å²) in [7, 11) is 0. The largest absolute Gasteiger partial charge is 0.481 e. The Morgan fingerprint density at radius 1 is 1.16 bits per heavy atom. The summed E-state index contributed by atoms with van der Waals surface area (Å²) in [4.78, 5) is 39.5. The van der Waals surface area contributed by atoms with Crippen molar-refractivity contribution >= 4 is 22.8 Å². The van der Waals surface area contributed by atoms with Gasteiger partial charge in [0.2, 0.25) is 0 Å². The van der Waals surface area contributed by atoms with Gasteiger partial charge >= 0.3 is 5.97 Å². The fraction of sp³-hybridized carbons (Fsp3) is 0.542. The molecule has 1 aromatic heterocycles. The molecule has 0 saturated carbocycles. The molecular weight excluding hydrogens is 394 g/mol. The molecule has 2 bridgehead atoms. The second kappa shape index (κ2) is 8.83. The van der Waals surface area contributed by atoms with E-state index in [9.17, 15) is 14.4 Å². The number of carboxylic acids is 1. The molecule has 1 amide bonds. The zero-order valence-corrected chi connectivity index (χ0v) is 18.2. The molecule has 0 aliphatic carbocycles. The van der Waals surface area contributed by atoms with E-state index in [0.29, 0.717) is 18.5 Å². The number of carbonyl (C=O) groups excluding carboxylic acids is 1. The summed E-state index contributed by atoms with van der Waals surface area (Å²) in [6.45, 7) is 4.70. The van der Waals surface area contributed by atoms with Gasteiger partial charge in [-0.25, -0.2) is 0 Å². The van der Waals surface area contributed by atoms with Crippen LogP contribution in [0.25, 0.3) is 10.9 Å². The van der Waals surface area contributed by atoms with Gasteiger partial charge in [-0.05, 0) is 70.0 Å². The molecule has 2 saturated heterocycles. The van der Waals surface area contributed by atoms with Gasteiger partial charge in [0.05, 0.1) is 5.52 Å². The second-order valence-electron chi connectivity index (χ2n) is 9.15. The number of hydrogen-bond acceptors (Lipinski definition) is 4. The molecule has 3 heterocycles. The maximum Gasteiger partial charge on any atom is 0.303 e. The average molecular weight is 426 g/mol. The SMILES string of the molecule is CC(C)n1c(=O)c(C(=O)NC2CC3CCC(C2)N3CCCC(=O)O)cc2ccccc21. The molecule has 2 N–H and O–H groups in total. The van der Waals surface area contributed by atoms with Crippen LogP contribution in [-0.2, 0) is 4.79 Å². The van der Waals surface area contributed by atoms with Crippen molar-refractivity contribution in [2.24, 2.45) is 0 Å². The van der Waals surface area contributed by atoms with Gasteiger partial charge in [-0.3, -0.25) is 19.3 Å². The Hall–Kier alpha value is -2.67. The molecule has 2 aromatic rings. The van der Waals surface area contributed by atoms with Crippen molar-refractivity contribution in [3.63, 3.8) is 0 Å². The van der Waals surface area contributed by atoms with Gasteiger partial charge in [-0.2, -0.15) is 0 Å². The maximum atomic E-state index is 13.1. The molecule has 1 aromatic carbocycles. The Bertz CT molecular complexity index is 1030. The highest BCUT2D eigenvalue weighted by atomic mass is 16.4. The molecule has 2 aliphatic rings. The number of aliphatic carboxylic acids is 1. The van der Waals surface area contributed by atoms with Crippen LogP contribution in [0.4, 0.5) is 0 Å². The highest BCUT2D eigenvalue weighted by Gasteiger charge is 2.40. The van der Waals surface area contributed by atoms with Crippen LogP contribution in [0.3, 0.4) is 0 Å². The summed E-state index contributed by atoms with van der Waals surface area (Å²) in [5.74, 6) is -1.05. The number of nitrogens with one attached hydrogen (secondary N) is 1. The topological polar surface area (TPSA) is 91.6 Å². The number of pyridine rings is 1. The first-order chi connectivity index (χ1) is 14.8. The Balaban J connectivity index is 1.49. The number of rotatable bonds is 7. The average Bonchev–Trinajstić information content (AvgIpc) is 2.95. The van der Waals surface area contributed by atoms with Crippen molar-refractivity contribution in [3.05, 3.63) is 46.2 Å². The monoisotopic (exact) mass is 425 g/mol.